The van der Waals surface area contributed by atoms with E-state index in [1.807, 2.05) is 0 Å². The maximum atomic E-state index is 12.3. The van der Waals surface area contributed by atoms with Gasteiger partial charge in [-0.3, -0.25) is 14.9 Å². The Labute approximate surface area is 156 Å². The van der Waals surface area contributed by atoms with Crippen LogP contribution in [0.15, 0.2) is 42.5 Å². The van der Waals surface area contributed by atoms with Crippen molar-refractivity contribution >= 4 is 17.6 Å². The predicted octanol–water partition coefficient (Wildman–Crippen LogP) is 2.77. The van der Waals surface area contributed by atoms with Crippen LogP contribution >= 0.6 is 0 Å². The number of anilines is 1. The molecule has 0 bridgehead atoms. The first-order valence-electron chi connectivity index (χ1n) is 8.21. The molecule has 0 saturated carbocycles. The van der Waals surface area contributed by atoms with Crippen LogP contribution in [-0.4, -0.2) is 35.6 Å². The molecule has 0 heterocycles. The lowest BCUT2D eigenvalue weighted by Crippen LogP contribution is -2.29. The van der Waals surface area contributed by atoms with Gasteiger partial charge in [0.15, 0.2) is 0 Å². The van der Waals surface area contributed by atoms with Crippen LogP contribution in [0.2, 0.25) is 0 Å². The van der Waals surface area contributed by atoms with Gasteiger partial charge in [0.2, 0.25) is 12.5 Å². The summed E-state index contributed by atoms with van der Waals surface area (Å²) in [6.07, 6.45) is 0.0919. The zero-order valence-corrected chi connectivity index (χ0v) is 15.0. The van der Waals surface area contributed by atoms with Crippen molar-refractivity contribution in [3.05, 3.63) is 69.3 Å². The summed E-state index contributed by atoms with van der Waals surface area (Å²) in [5, 5.41) is 20.0. The van der Waals surface area contributed by atoms with E-state index in [4.69, 9.17) is 4.74 Å². The van der Waals surface area contributed by atoms with Gasteiger partial charge in [-0.1, -0.05) is 18.2 Å². The normalized spacial score (nSPS) is 10.3. The number of amides is 1. The lowest BCUT2D eigenvalue weighted by Gasteiger charge is -2.24. The fraction of sp³-hybridized carbons (Fsp3) is 0.263. The minimum atomic E-state index is -1.13. The highest BCUT2D eigenvalue weighted by atomic mass is 16.6. The van der Waals surface area contributed by atoms with Gasteiger partial charge in [0.25, 0.3) is 0 Å². The third-order valence-electron chi connectivity index (χ3n) is 4.07. The Morgan fingerprint density at radius 3 is 2.37 bits per heavy atom. The summed E-state index contributed by atoms with van der Waals surface area (Å²) in [5.41, 5.74) is 1.73. The van der Waals surface area contributed by atoms with E-state index < -0.39 is 10.9 Å². The van der Waals surface area contributed by atoms with Gasteiger partial charge in [-0.05, 0) is 35.4 Å². The number of ether oxygens (including phenoxy) is 1. The maximum Gasteiger partial charge on any atom is 0.335 e. The number of carbonyl (C=O) groups excluding carboxylic acids is 1. The van der Waals surface area contributed by atoms with Crippen molar-refractivity contribution in [1.82, 2.24) is 0 Å². The van der Waals surface area contributed by atoms with E-state index in [2.05, 4.69) is 0 Å². The van der Waals surface area contributed by atoms with E-state index in [-0.39, 0.29) is 31.0 Å². The Bertz CT molecular complexity index is 848. The number of aromatic carboxylic acids is 1. The number of methoxy groups -OCH3 is 1. The van der Waals surface area contributed by atoms with Crippen LogP contribution < -0.4 is 9.64 Å². The molecule has 0 radical (unpaired) electrons. The molecule has 0 aromatic heterocycles. The zero-order valence-electron chi connectivity index (χ0n) is 15.0. The summed E-state index contributed by atoms with van der Waals surface area (Å²) in [6.45, 7) is 1.26. The first-order chi connectivity index (χ1) is 12.8. The number of carboxylic acids is 1. The largest absolute Gasteiger partial charge is 0.497 e. The van der Waals surface area contributed by atoms with Crippen LogP contribution in [0.5, 0.6) is 5.75 Å². The molecule has 27 heavy (non-hydrogen) atoms. The molecule has 8 nitrogen and oxygen atoms in total. The van der Waals surface area contributed by atoms with E-state index in [9.17, 15) is 24.8 Å². The first kappa shape index (κ1) is 19.9. The molecule has 0 unspecified atom stereocenters. The molecule has 0 aliphatic carbocycles. The Kier molecular flexibility index (Phi) is 6.48. The highest BCUT2D eigenvalue weighted by Crippen LogP contribution is 2.26. The topological polar surface area (TPSA) is 110 Å². The molecule has 0 saturated heterocycles. The molecule has 1 N–H and O–H groups in total. The van der Waals surface area contributed by atoms with E-state index >= 15 is 0 Å². The third kappa shape index (κ3) is 5.27. The second kappa shape index (κ2) is 8.79. The fourth-order valence-corrected chi connectivity index (χ4v) is 2.65. The minimum absolute atomic E-state index is 0.0100. The van der Waals surface area contributed by atoms with Gasteiger partial charge in [-0.15, -0.1) is 0 Å². The van der Waals surface area contributed by atoms with Crippen molar-refractivity contribution in [3.63, 3.8) is 0 Å². The van der Waals surface area contributed by atoms with E-state index in [0.717, 1.165) is 5.56 Å². The first-order valence-corrected chi connectivity index (χ1v) is 8.21. The second-order valence-corrected chi connectivity index (χ2v) is 5.91. The van der Waals surface area contributed by atoms with Crippen LogP contribution in [0, 0.1) is 10.1 Å². The van der Waals surface area contributed by atoms with Crippen molar-refractivity contribution in [2.24, 2.45) is 0 Å². The summed E-state index contributed by atoms with van der Waals surface area (Å²) in [6, 6.07) is 11.4. The number of benzene rings is 2. The molecule has 2 aromatic rings. The molecule has 2 aromatic carbocycles. The minimum Gasteiger partial charge on any atom is -0.497 e. The van der Waals surface area contributed by atoms with E-state index in [1.165, 1.54) is 30.0 Å². The van der Waals surface area contributed by atoms with Gasteiger partial charge in [0.05, 0.1) is 19.2 Å². The summed E-state index contributed by atoms with van der Waals surface area (Å²) in [7, 11) is 1.55. The summed E-state index contributed by atoms with van der Waals surface area (Å²) in [5.74, 6) is -0.756. The standard InChI is InChI=1S/C19H20N2O6/c1-13(22)20(12-14-3-7-17(27-2)8-4-14)18-11-16(19(23)24)6-5-15(18)9-10-21(25)26/h3-8,11H,9-10,12H2,1-2H3,(H,23,24). The average molecular weight is 372 g/mol. The molecule has 0 aliphatic heterocycles. The van der Waals surface area contributed by atoms with Gasteiger partial charge < -0.3 is 14.7 Å². The molecule has 1 amide bonds. The quantitative estimate of drug-likeness (QED) is 0.563. The smallest absolute Gasteiger partial charge is 0.335 e. The summed E-state index contributed by atoms with van der Waals surface area (Å²) >= 11 is 0. The number of rotatable bonds is 8. The third-order valence-corrected chi connectivity index (χ3v) is 4.07. The molecule has 0 fully saturated rings. The van der Waals surface area contributed by atoms with Crippen molar-refractivity contribution in [3.8, 4) is 5.75 Å². The van der Waals surface area contributed by atoms with Gasteiger partial charge in [-0.25, -0.2) is 4.79 Å². The molecule has 0 aliphatic rings. The van der Waals surface area contributed by atoms with E-state index in [0.29, 0.717) is 17.0 Å². The monoisotopic (exact) mass is 372 g/mol. The molecule has 142 valence electrons. The number of hydrogen-bond acceptors (Lipinski definition) is 5. The number of carbonyl (C=O) groups is 2. The maximum absolute atomic E-state index is 12.3. The van der Waals surface area contributed by atoms with Crippen molar-refractivity contribution < 1.29 is 24.4 Å². The van der Waals surface area contributed by atoms with E-state index in [1.54, 1.807) is 31.4 Å². The Morgan fingerprint density at radius 2 is 1.85 bits per heavy atom. The number of hydrogen-bond donors (Lipinski definition) is 1. The highest BCUT2D eigenvalue weighted by molar-refractivity contribution is 5.95. The summed E-state index contributed by atoms with van der Waals surface area (Å²) in [4.78, 5) is 35.3. The van der Waals surface area contributed by atoms with Crippen LogP contribution in [0.4, 0.5) is 5.69 Å². The molecule has 0 atom stereocenters. The summed E-state index contributed by atoms with van der Waals surface area (Å²) < 4.78 is 5.11. The van der Waals surface area contributed by atoms with Crippen LogP contribution in [-0.2, 0) is 17.8 Å². The van der Waals surface area contributed by atoms with Gasteiger partial charge in [-0.2, -0.15) is 0 Å². The van der Waals surface area contributed by atoms with Gasteiger partial charge in [0.1, 0.15) is 5.75 Å². The predicted molar refractivity (Wildman–Crippen MR) is 98.8 cm³/mol. The molecular formula is C19H20N2O6. The average Bonchev–Trinajstić information content (AvgIpc) is 2.64. The van der Waals surface area contributed by atoms with Crippen molar-refractivity contribution in [2.75, 3.05) is 18.6 Å². The van der Waals surface area contributed by atoms with Crippen molar-refractivity contribution in [1.29, 1.82) is 0 Å². The number of nitro groups is 1. The molecule has 8 heteroatoms. The van der Waals surface area contributed by atoms with Crippen molar-refractivity contribution in [2.45, 2.75) is 19.9 Å². The second-order valence-electron chi connectivity index (χ2n) is 5.91. The fourth-order valence-electron chi connectivity index (χ4n) is 2.65. The molecule has 2 rings (SSSR count). The Morgan fingerprint density at radius 1 is 1.19 bits per heavy atom. The zero-order chi connectivity index (χ0) is 20.0. The van der Waals surface area contributed by atoms with Crippen LogP contribution in [0.25, 0.3) is 0 Å². The number of nitrogens with zero attached hydrogens (tertiary/aromatic N) is 2. The van der Waals surface area contributed by atoms with Gasteiger partial charge in [0, 0.05) is 24.0 Å². The molecule has 0 spiro atoms. The number of carboxylic acid groups (broad SMARTS) is 1. The lowest BCUT2D eigenvalue weighted by atomic mass is 10.0. The molecular weight excluding hydrogens is 352 g/mol. The highest BCUT2D eigenvalue weighted by Gasteiger charge is 2.19. The lowest BCUT2D eigenvalue weighted by molar-refractivity contribution is -0.479. The van der Waals surface area contributed by atoms with Gasteiger partial charge >= 0.3 is 5.97 Å². The SMILES string of the molecule is COc1ccc(CN(C(C)=O)c2cc(C(=O)O)ccc2CC[N+](=O)[O-])cc1. The Hall–Kier alpha value is -3.42. The Balaban J connectivity index is 2.42. The van der Waals surface area contributed by atoms with Crippen LogP contribution in [0.1, 0.15) is 28.4 Å². The van der Waals surface area contributed by atoms with Crippen LogP contribution in [0.3, 0.4) is 0 Å².